The molecule has 0 aliphatic rings. The summed E-state index contributed by atoms with van der Waals surface area (Å²) in [5.41, 5.74) is 2.38. The monoisotopic (exact) mass is 407 g/mol. The summed E-state index contributed by atoms with van der Waals surface area (Å²) < 4.78 is 5.45. The Balaban J connectivity index is 2.13. The molecular weight excluding hydrogens is 393 g/mol. The van der Waals surface area contributed by atoms with Crippen molar-refractivity contribution in [2.75, 3.05) is 6.61 Å². The maximum absolute atomic E-state index is 10.9. The van der Waals surface area contributed by atoms with Crippen molar-refractivity contribution in [1.82, 2.24) is 4.98 Å². The fraction of sp³-hybridized carbons (Fsp3) is 0.158. The second-order valence-electron chi connectivity index (χ2n) is 5.66. The number of pyridine rings is 1. The van der Waals surface area contributed by atoms with Crippen LogP contribution in [-0.2, 0) is 4.79 Å². The minimum Gasteiger partial charge on any atom is -0.481 e. The molecule has 0 aliphatic carbocycles. The van der Waals surface area contributed by atoms with Gasteiger partial charge in [-0.05, 0) is 55.8 Å². The zero-order valence-corrected chi connectivity index (χ0v) is 16.4. The van der Waals surface area contributed by atoms with Crippen LogP contribution in [0.4, 0.5) is 0 Å². The van der Waals surface area contributed by atoms with E-state index >= 15 is 0 Å². The summed E-state index contributed by atoms with van der Waals surface area (Å²) in [4.78, 5) is 17.5. The van der Waals surface area contributed by atoms with Gasteiger partial charge in [0.05, 0.1) is 16.2 Å². The van der Waals surface area contributed by atoms with Gasteiger partial charge in [0, 0.05) is 20.2 Å². The number of carboxylic acids is 1. The number of halogens is 2. The summed E-state index contributed by atoms with van der Waals surface area (Å²) in [6.07, 6.45) is 0. The van der Waals surface area contributed by atoms with Gasteiger partial charge in [-0.15, -0.1) is 0 Å². The van der Waals surface area contributed by atoms with Crippen molar-refractivity contribution in [3.63, 3.8) is 0 Å². The van der Waals surface area contributed by atoms with E-state index in [-0.39, 0.29) is 0 Å². The lowest BCUT2D eigenvalue weighted by Gasteiger charge is -2.16. The predicted molar refractivity (Wildman–Crippen MR) is 105 cm³/mol. The quantitative estimate of drug-likeness (QED) is 0.581. The fourth-order valence-electron chi connectivity index (χ4n) is 2.65. The average molecular weight is 408 g/mol. The van der Waals surface area contributed by atoms with Crippen LogP contribution in [-0.4, -0.2) is 22.7 Å². The molecule has 0 radical (unpaired) electrons. The van der Waals surface area contributed by atoms with Crippen LogP contribution in [0.15, 0.2) is 46.2 Å². The number of fused-ring (bicyclic) bond motifs is 1. The third kappa shape index (κ3) is 3.90. The number of ether oxygens (including phenoxy) is 1. The van der Waals surface area contributed by atoms with Crippen molar-refractivity contribution in [3.05, 3.63) is 57.7 Å². The van der Waals surface area contributed by atoms with Crippen LogP contribution < -0.4 is 4.74 Å². The molecule has 0 amide bonds. The highest BCUT2D eigenvalue weighted by Gasteiger charge is 2.17. The highest BCUT2D eigenvalue weighted by atomic mass is 35.5. The molecule has 0 bridgehead atoms. The lowest BCUT2D eigenvalue weighted by Crippen LogP contribution is -2.10. The van der Waals surface area contributed by atoms with Gasteiger partial charge in [-0.1, -0.05) is 35.0 Å². The second kappa shape index (κ2) is 7.74. The minimum absolute atomic E-state index is 0.427. The lowest BCUT2D eigenvalue weighted by atomic mass is 10.1. The number of benzene rings is 2. The Morgan fingerprint density at radius 3 is 2.50 bits per heavy atom. The van der Waals surface area contributed by atoms with Crippen molar-refractivity contribution in [3.8, 4) is 5.75 Å². The van der Waals surface area contributed by atoms with Gasteiger partial charge in [0.1, 0.15) is 5.75 Å². The summed E-state index contributed by atoms with van der Waals surface area (Å²) in [6.45, 7) is 3.45. The molecule has 1 aromatic heterocycles. The number of hydrogen-bond donors (Lipinski definition) is 1. The molecule has 0 saturated heterocycles. The van der Waals surface area contributed by atoms with Crippen molar-refractivity contribution < 1.29 is 14.6 Å². The van der Waals surface area contributed by atoms with Crippen LogP contribution in [0, 0.1) is 13.8 Å². The molecule has 1 N–H and O–H groups in total. The third-order valence-electron chi connectivity index (χ3n) is 3.80. The molecule has 7 heteroatoms. The Kier molecular flexibility index (Phi) is 5.61. The maximum atomic E-state index is 10.9. The highest BCUT2D eigenvalue weighted by Crippen LogP contribution is 2.40. The van der Waals surface area contributed by atoms with E-state index in [1.807, 2.05) is 38.1 Å². The van der Waals surface area contributed by atoms with Gasteiger partial charge in [-0.3, -0.25) is 4.98 Å². The number of aliphatic carboxylic acids is 1. The highest BCUT2D eigenvalue weighted by molar-refractivity contribution is 7.99. The van der Waals surface area contributed by atoms with Gasteiger partial charge < -0.3 is 9.84 Å². The summed E-state index contributed by atoms with van der Waals surface area (Å²) >= 11 is 13.8. The summed E-state index contributed by atoms with van der Waals surface area (Å²) in [7, 11) is 0. The molecule has 2 aromatic carbocycles. The van der Waals surface area contributed by atoms with Gasteiger partial charge in [0.2, 0.25) is 0 Å². The topological polar surface area (TPSA) is 59.4 Å². The summed E-state index contributed by atoms with van der Waals surface area (Å²) in [6, 6.07) is 10.9. The van der Waals surface area contributed by atoms with Crippen LogP contribution in [0.25, 0.3) is 10.9 Å². The van der Waals surface area contributed by atoms with Crippen LogP contribution in [0.2, 0.25) is 10.0 Å². The second-order valence-corrected chi connectivity index (χ2v) is 7.59. The van der Waals surface area contributed by atoms with Crippen molar-refractivity contribution >= 4 is 51.8 Å². The first-order valence-electron chi connectivity index (χ1n) is 7.74. The molecule has 0 aliphatic heterocycles. The molecule has 0 atom stereocenters. The van der Waals surface area contributed by atoms with Gasteiger partial charge in [0.25, 0.3) is 0 Å². The van der Waals surface area contributed by atoms with E-state index in [4.69, 9.17) is 33.0 Å². The Morgan fingerprint density at radius 1 is 1.15 bits per heavy atom. The van der Waals surface area contributed by atoms with E-state index in [9.17, 15) is 4.79 Å². The number of carboxylic acid groups (broad SMARTS) is 1. The van der Waals surface area contributed by atoms with E-state index in [0.29, 0.717) is 21.3 Å². The fourth-order valence-corrected chi connectivity index (χ4v) is 3.94. The predicted octanol–water partition coefficient (Wildman–Crippen LogP) is 5.77. The average Bonchev–Trinajstić information content (AvgIpc) is 2.60. The van der Waals surface area contributed by atoms with E-state index in [2.05, 4.69) is 4.98 Å². The van der Waals surface area contributed by atoms with Crippen LogP contribution in [0.5, 0.6) is 5.75 Å². The number of aryl methyl sites for hydroxylation is 2. The number of hydrogen-bond acceptors (Lipinski definition) is 4. The molecule has 4 nitrogen and oxygen atoms in total. The normalized spacial score (nSPS) is 10.9. The first kappa shape index (κ1) is 18.8. The summed E-state index contributed by atoms with van der Waals surface area (Å²) in [5, 5.41) is 10.8. The molecule has 0 spiro atoms. The minimum atomic E-state index is -1.04. The Bertz CT molecular complexity index is 990. The van der Waals surface area contributed by atoms with E-state index < -0.39 is 12.6 Å². The summed E-state index contributed by atoms with van der Waals surface area (Å²) in [5.74, 6) is -0.587. The Hall–Kier alpha value is -1.95. The first-order chi connectivity index (χ1) is 12.4. The van der Waals surface area contributed by atoms with Crippen LogP contribution in [0.1, 0.15) is 11.3 Å². The lowest BCUT2D eigenvalue weighted by molar-refractivity contribution is -0.139. The van der Waals surface area contributed by atoms with E-state index in [1.54, 1.807) is 23.9 Å². The number of rotatable bonds is 5. The molecule has 3 aromatic rings. The van der Waals surface area contributed by atoms with Crippen molar-refractivity contribution in [2.24, 2.45) is 0 Å². The van der Waals surface area contributed by atoms with Crippen molar-refractivity contribution in [2.45, 2.75) is 23.6 Å². The molecule has 0 fully saturated rings. The number of aromatic nitrogens is 1. The van der Waals surface area contributed by atoms with Crippen LogP contribution in [0.3, 0.4) is 0 Å². The van der Waals surface area contributed by atoms with Gasteiger partial charge in [-0.25, -0.2) is 4.79 Å². The molecule has 26 heavy (non-hydrogen) atoms. The van der Waals surface area contributed by atoms with E-state index in [1.165, 1.54) is 0 Å². The molecule has 1 heterocycles. The SMILES string of the molecule is Cc1nc2c(Cl)ccc(OCC(=O)O)c2c(C)c1Sc1ccc(Cl)cc1. The standard InChI is InChI=1S/C19H15Cl2NO3S/c1-10-17-15(25-9-16(23)24)8-7-14(21)18(17)22-11(2)19(10)26-13-5-3-12(20)4-6-13/h3-8H,9H2,1-2H3,(H,23,24). The van der Waals surface area contributed by atoms with Gasteiger partial charge in [-0.2, -0.15) is 0 Å². The molecule has 0 saturated carbocycles. The maximum Gasteiger partial charge on any atom is 0.341 e. The smallest absolute Gasteiger partial charge is 0.341 e. The molecule has 134 valence electrons. The number of carbonyl (C=O) groups is 1. The third-order valence-corrected chi connectivity index (χ3v) is 5.67. The zero-order valence-electron chi connectivity index (χ0n) is 14.0. The number of nitrogens with zero attached hydrogens (tertiary/aromatic N) is 1. The van der Waals surface area contributed by atoms with Gasteiger partial charge >= 0.3 is 5.97 Å². The van der Waals surface area contributed by atoms with Crippen LogP contribution >= 0.6 is 35.0 Å². The zero-order chi connectivity index (χ0) is 18.8. The Morgan fingerprint density at radius 2 is 1.85 bits per heavy atom. The largest absolute Gasteiger partial charge is 0.481 e. The molecule has 3 rings (SSSR count). The molecular formula is C19H15Cl2NO3S. The van der Waals surface area contributed by atoms with Gasteiger partial charge in [0.15, 0.2) is 6.61 Å². The Labute approximate surface area is 165 Å². The first-order valence-corrected chi connectivity index (χ1v) is 9.31. The van der Waals surface area contributed by atoms with Crippen molar-refractivity contribution in [1.29, 1.82) is 0 Å². The molecule has 0 unspecified atom stereocenters. The van der Waals surface area contributed by atoms with E-state index in [0.717, 1.165) is 26.4 Å².